The number of carbonyl (C=O) groups excluding carboxylic acids is 2. The van der Waals surface area contributed by atoms with Crippen molar-refractivity contribution in [3.05, 3.63) is 47.5 Å². The number of likely N-dealkylation sites (N-methyl/N-ethyl adjacent to an activating group) is 1. The SMILES string of the molecule is CC(=C[C@H](C(C)C)N(C)C(=O)[C@@H](NC(=O)[C@@H](N)C(C)(C)c1ccccc1)C(C)(C)C)C(=O)O. The van der Waals surface area contributed by atoms with E-state index in [2.05, 4.69) is 5.32 Å². The van der Waals surface area contributed by atoms with Crippen LogP contribution in [0.4, 0.5) is 0 Å². The number of amides is 2. The van der Waals surface area contributed by atoms with Crippen molar-refractivity contribution in [1.82, 2.24) is 10.2 Å². The van der Waals surface area contributed by atoms with Crippen molar-refractivity contribution >= 4 is 17.8 Å². The van der Waals surface area contributed by atoms with Gasteiger partial charge in [-0.25, -0.2) is 4.79 Å². The molecule has 1 aromatic rings. The number of aliphatic carboxylic acids is 1. The second-order valence-corrected chi connectivity index (χ2v) is 10.7. The molecule has 4 N–H and O–H groups in total. The number of nitrogens with two attached hydrogens (primary N) is 1. The number of nitrogens with one attached hydrogen (secondary N) is 1. The number of carboxylic acids is 1. The average molecular weight is 460 g/mol. The van der Waals surface area contributed by atoms with Gasteiger partial charge in [-0.3, -0.25) is 9.59 Å². The topological polar surface area (TPSA) is 113 Å². The van der Waals surface area contributed by atoms with Crippen LogP contribution < -0.4 is 11.1 Å². The number of hydrogen-bond acceptors (Lipinski definition) is 4. The summed E-state index contributed by atoms with van der Waals surface area (Å²) in [7, 11) is 1.64. The lowest BCUT2D eigenvalue weighted by Crippen LogP contribution is -2.61. The molecule has 0 radical (unpaired) electrons. The molecule has 7 heteroatoms. The predicted octanol–water partition coefficient (Wildman–Crippen LogP) is 3.34. The molecular formula is C26H41N3O4. The molecule has 0 heterocycles. The highest BCUT2D eigenvalue weighted by Crippen LogP contribution is 2.28. The van der Waals surface area contributed by atoms with Gasteiger partial charge in [-0.05, 0) is 23.8 Å². The van der Waals surface area contributed by atoms with Crippen LogP contribution in [0.15, 0.2) is 42.0 Å². The van der Waals surface area contributed by atoms with E-state index in [-0.39, 0.29) is 17.4 Å². The van der Waals surface area contributed by atoms with E-state index in [1.807, 2.05) is 78.8 Å². The van der Waals surface area contributed by atoms with Gasteiger partial charge in [0.25, 0.3) is 0 Å². The fraction of sp³-hybridized carbons (Fsp3) is 0.577. The molecule has 3 atom stereocenters. The fourth-order valence-electron chi connectivity index (χ4n) is 3.69. The van der Waals surface area contributed by atoms with Gasteiger partial charge >= 0.3 is 5.97 Å². The lowest BCUT2D eigenvalue weighted by molar-refractivity contribution is -0.140. The molecular weight excluding hydrogens is 418 g/mol. The molecule has 0 aromatic heterocycles. The summed E-state index contributed by atoms with van der Waals surface area (Å²) >= 11 is 0. The molecule has 7 nitrogen and oxygen atoms in total. The number of nitrogens with zero attached hydrogens (tertiary/aromatic N) is 1. The first-order valence-electron chi connectivity index (χ1n) is 11.3. The Hall–Kier alpha value is -2.67. The second kappa shape index (κ2) is 11.0. The Balaban J connectivity index is 3.22. The first kappa shape index (κ1) is 28.4. The third-order valence-electron chi connectivity index (χ3n) is 6.21. The molecule has 33 heavy (non-hydrogen) atoms. The monoisotopic (exact) mass is 459 g/mol. The minimum atomic E-state index is -1.03. The lowest BCUT2D eigenvalue weighted by atomic mass is 9.77. The highest BCUT2D eigenvalue weighted by Gasteiger charge is 2.40. The molecule has 0 saturated carbocycles. The third-order valence-corrected chi connectivity index (χ3v) is 6.21. The molecule has 0 saturated heterocycles. The highest BCUT2D eigenvalue weighted by molar-refractivity contribution is 5.91. The van der Waals surface area contributed by atoms with Gasteiger partial charge < -0.3 is 21.1 Å². The van der Waals surface area contributed by atoms with Crippen LogP contribution in [0.2, 0.25) is 0 Å². The lowest BCUT2D eigenvalue weighted by Gasteiger charge is -2.39. The van der Waals surface area contributed by atoms with Crippen molar-refractivity contribution in [1.29, 1.82) is 0 Å². The molecule has 0 aliphatic carbocycles. The zero-order valence-electron chi connectivity index (χ0n) is 21.5. The number of hydrogen-bond donors (Lipinski definition) is 3. The molecule has 0 fully saturated rings. The van der Waals surface area contributed by atoms with Crippen molar-refractivity contribution in [3.8, 4) is 0 Å². The summed E-state index contributed by atoms with van der Waals surface area (Å²) in [6.07, 6.45) is 1.58. The van der Waals surface area contributed by atoms with Crippen molar-refractivity contribution in [2.75, 3.05) is 7.05 Å². The van der Waals surface area contributed by atoms with E-state index in [1.165, 1.54) is 11.8 Å². The molecule has 0 unspecified atom stereocenters. The van der Waals surface area contributed by atoms with Crippen LogP contribution in [0.1, 0.15) is 61.0 Å². The first-order chi connectivity index (χ1) is 15.0. The zero-order chi connectivity index (χ0) is 25.7. The molecule has 1 aromatic carbocycles. The van der Waals surface area contributed by atoms with Gasteiger partial charge in [0.05, 0.1) is 12.1 Å². The molecule has 1 rings (SSSR count). The summed E-state index contributed by atoms with van der Waals surface area (Å²) in [5.74, 6) is -1.77. The van der Waals surface area contributed by atoms with Gasteiger partial charge in [-0.2, -0.15) is 0 Å². The van der Waals surface area contributed by atoms with Gasteiger partial charge in [0.15, 0.2) is 0 Å². The van der Waals surface area contributed by atoms with Crippen LogP contribution in [-0.2, 0) is 19.8 Å². The Kier molecular flexibility index (Phi) is 9.43. The Morgan fingerprint density at radius 2 is 1.58 bits per heavy atom. The van der Waals surface area contributed by atoms with Crippen LogP contribution in [0.5, 0.6) is 0 Å². The summed E-state index contributed by atoms with van der Waals surface area (Å²) in [6.45, 7) is 14.8. The standard InChI is InChI=1S/C26H41N3O4/c1-16(2)19(15-17(3)24(32)33)29(9)23(31)21(25(4,5)6)28-22(30)20(27)26(7,8)18-13-11-10-12-14-18/h10-16,19-21H,27H2,1-9H3,(H,28,30)(H,32,33)/t19-,20-,21-/m1/s1. The van der Waals surface area contributed by atoms with Crippen LogP contribution in [-0.4, -0.2) is 53.0 Å². The maximum atomic E-state index is 13.6. The molecule has 0 bridgehead atoms. The fourth-order valence-corrected chi connectivity index (χ4v) is 3.69. The third kappa shape index (κ3) is 7.16. The maximum absolute atomic E-state index is 13.6. The van der Waals surface area contributed by atoms with Crippen molar-refractivity contribution < 1.29 is 19.5 Å². The largest absolute Gasteiger partial charge is 0.478 e. The first-order valence-corrected chi connectivity index (χ1v) is 11.3. The maximum Gasteiger partial charge on any atom is 0.331 e. The summed E-state index contributed by atoms with van der Waals surface area (Å²) in [4.78, 5) is 39.6. The Labute approximate surface area is 198 Å². The van der Waals surface area contributed by atoms with Crippen LogP contribution in [0, 0.1) is 11.3 Å². The minimum Gasteiger partial charge on any atom is -0.478 e. The van der Waals surface area contributed by atoms with E-state index in [0.29, 0.717) is 0 Å². The highest BCUT2D eigenvalue weighted by atomic mass is 16.4. The van der Waals surface area contributed by atoms with E-state index in [1.54, 1.807) is 13.1 Å². The molecule has 184 valence electrons. The Morgan fingerprint density at radius 1 is 1.06 bits per heavy atom. The van der Waals surface area contributed by atoms with Crippen molar-refractivity contribution in [3.63, 3.8) is 0 Å². The molecule has 0 spiro atoms. The molecule has 0 aliphatic rings. The number of rotatable bonds is 9. The number of carboxylic acid groups (broad SMARTS) is 1. The van der Waals surface area contributed by atoms with E-state index < -0.39 is 40.8 Å². The molecule has 2 amide bonds. The van der Waals surface area contributed by atoms with Crippen molar-refractivity contribution in [2.24, 2.45) is 17.1 Å². The van der Waals surface area contributed by atoms with Crippen molar-refractivity contribution in [2.45, 2.75) is 78.9 Å². The summed E-state index contributed by atoms with van der Waals surface area (Å²) in [5, 5.41) is 12.2. The summed E-state index contributed by atoms with van der Waals surface area (Å²) in [6, 6.07) is 7.40. The van der Waals surface area contributed by atoms with E-state index in [0.717, 1.165) is 5.56 Å². The van der Waals surface area contributed by atoms with Gasteiger partial charge in [-0.1, -0.05) is 84.9 Å². The Morgan fingerprint density at radius 3 is 2.00 bits per heavy atom. The second-order valence-electron chi connectivity index (χ2n) is 10.7. The van der Waals surface area contributed by atoms with Gasteiger partial charge in [0.2, 0.25) is 11.8 Å². The summed E-state index contributed by atoms with van der Waals surface area (Å²) in [5.41, 5.74) is 6.24. The minimum absolute atomic E-state index is 0.0242. The normalized spacial score (nSPS) is 15.5. The van der Waals surface area contributed by atoms with Crippen LogP contribution >= 0.6 is 0 Å². The van der Waals surface area contributed by atoms with Crippen LogP contribution in [0.25, 0.3) is 0 Å². The van der Waals surface area contributed by atoms with Crippen LogP contribution in [0.3, 0.4) is 0 Å². The van der Waals surface area contributed by atoms with Gasteiger partial charge in [0.1, 0.15) is 6.04 Å². The molecule has 0 aliphatic heterocycles. The van der Waals surface area contributed by atoms with Gasteiger partial charge in [0, 0.05) is 18.0 Å². The summed E-state index contributed by atoms with van der Waals surface area (Å²) < 4.78 is 0. The zero-order valence-corrected chi connectivity index (χ0v) is 21.5. The average Bonchev–Trinajstić information content (AvgIpc) is 2.73. The number of benzene rings is 1. The smallest absolute Gasteiger partial charge is 0.331 e. The van der Waals surface area contributed by atoms with Gasteiger partial charge in [-0.15, -0.1) is 0 Å². The van der Waals surface area contributed by atoms with E-state index in [4.69, 9.17) is 5.73 Å². The Bertz CT molecular complexity index is 869. The number of carbonyl (C=O) groups is 3. The van der Waals surface area contributed by atoms with E-state index in [9.17, 15) is 19.5 Å². The van der Waals surface area contributed by atoms with E-state index >= 15 is 0 Å². The predicted molar refractivity (Wildman–Crippen MR) is 132 cm³/mol. The quantitative estimate of drug-likeness (QED) is 0.490.